The zero-order valence-corrected chi connectivity index (χ0v) is 44.6. The van der Waals surface area contributed by atoms with Crippen LogP contribution in [0.2, 0.25) is 0 Å². The fourth-order valence-electron chi connectivity index (χ4n) is 8.78. The number of unbranched alkanes of at least 4 members (excludes halogenated alkanes) is 37. The van der Waals surface area contributed by atoms with Crippen LogP contribution in [-0.2, 0) is 14.3 Å². The zero-order valence-electron chi connectivity index (χ0n) is 44.6. The van der Waals surface area contributed by atoms with Gasteiger partial charge in [-0.25, -0.2) is 0 Å². The van der Waals surface area contributed by atoms with Crippen molar-refractivity contribution in [3.05, 3.63) is 48.6 Å². The molecule has 0 saturated heterocycles. The van der Waals surface area contributed by atoms with Gasteiger partial charge in [0.25, 0.3) is 0 Å². The summed E-state index contributed by atoms with van der Waals surface area (Å²) in [5.74, 6) is -0.0804. The van der Waals surface area contributed by atoms with Crippen LogP contribution in [0.25, 0.3) is 0 Å². The van der Waals surface area contributed by atoms with Crippen LogP contribution < -0.4 is 5.32 Å². The second kappa shape index (κ2) is 56.4. The van der Waals surface area contributed by atoms with Gasteiger partial charge in [0, 0.05) is 12.8 Å². The number of carbonyl (C=O) groups is 2. The van der Waals surface area contributed by atoms with Gasteiger partial charge in [0.1, 0.15) is 0 Å². The first kappa shape index (κ1) is 64.8. The highest BCUT2D eigenvalue weighted by molar-refractivity contribution is 5.76. The minimum atomic E-state index is -0.850. The molecule has 2 unspecified atom stereocenters. The topological polar surface area (TPSA) is 95.9 Å². The molecule has 0 aliphatic carbocycles. The summed E-state index contributed by atoms with van der Waals surface area (Å²) in [5, 5.41) is 23.0. The predicted molar refractivity (Wildman–Crippen MR) is 292 cm³/mol. The molecular weight excluding hydrogens is 827 g/mol. The first-order valence-corrected chi connectivity index (χ1v) is 29.4. The molecule has 0 saturated carbocycles. The van der Waals surface area contributed by atoms with E-state index in [2.05, 4.69) is 55.6 Å². The van der Waals surface area contributed by atoms with Crippen LogP contribution in [0.4, 0.5) is 0 Å². The molecule has 6 heteroatoms. The second-order valence-corrected chi connectivity index (χ2v) is 20.0. The molecule has 1 amide bonds. The first-order valence-electron chi connectivity index (χ1n) is 29.4. The van der Waals surface area contributed by atoms with Gasteiger partial charge in [-0.15, -0.1) is 0 Å². The number of carbonyl (C=O) groups excluding carboxylic acids is 2. The van der Waals surface area contributed by atoms with E-state index < -0.39 is 12.1 Å². The van der Waals surface area contributed by atoms with Crippen LogP contribution in [0.5, 0.6) is 0 Å². The van der Waals surface area contributed by atoms with Crippen molar-refractivity contribution in [1.82, 2.24) is 5.32 Å². The normalized spacial score (nSPS) is 13.0. The average molecular weight is 941 g/mol. The number of esters is 1. The minimum absolute atomic E-state index is 0.00237. The third kappa shape index (κ3) is 53.0. The second-order valence-electron chi connectivity index (χ2n) is 20.0. The fourth-order valence-corrected chi connectivity index (χ4v) is 8.78. The molecule has 0 rings (SSSR count). The van der Waals surface area contributed by atoms with Crippen LogP contribution >= 0.6 is 0 Å². The fraction of sp³-hybridized carbons (Fsp3) is 0.836. The minimum Gasteiger partial charge on any atom is -0.466 e. The predicted octanol–water partition coefficient (Wildman–Crippen LogP) is 18.2. The molecule has 67 heavy (non-hydrogen) atoms. The van der Waals surface area contributed by atoms with Gasteiger partial charge >= 0.3 is 5.97 Å². The Morgan fingerprint density at radius 2 is 0.746 bits per heavy atom. The van der Waals surface area contributed by atoms with E-state index in [0.29, 0.717) is 19.4 Å². The number of hydrogen-bond acceptors (Lipinski definition) is 5. The highest BCUT2D eigenvalue weighted by Crippen LogP contribution is 2.16. The highest BCUT2D eigenvalue weighted by Gasteiger charge is 2.18. The van der Waals surface area contributed by atoms with Crippen molar-refractivity contribution in [3.8, 4) is 0 Å². The lowest BCUT2D eigenvalue weighted by Crippen LogP contribution is -2.45. The number of aliphatic hydroxyl groups excluding tert-OH is 2. The Bertz CT molecular complexity index is 1130. The maximum absolute atomic E-state index is 12.4. The summed E-state index contributed by atoms with van der Waals surface area (Å²) in [7, 11) is 0. The molecule has 6 nitrogen and oxygen atoms in total. The molecule has 392 valence electrons. The molecule has 0 aromatic carbocycles. The maximum Gasteiger partial charge on any atom is 0.305 e. The van der Waals surface area contributed by atoms with E-state index >= 15 is 0 Å². The number of hydrogen-bond donors (Lipinski definition) is 3. The van der Waals surface area contributed by atoms with Gasteiger partial charge in [-0.05, 0) is 89.9 Å². The average Bonchev–Trinajstić information content (AvgIpc) is 3.33. The van der Waals surface area contributed by atoms with Gasteiger partial charge in [-0.3, -0.25) is 9.59 Å². The van der Waals surface area contributed by atoms with E-state index in [1.807, 2.05) is 6.08 Å². The van der Waals surface area contributed by atoms with E-state index in [1.54, 1.807) is 6.08 Å². The molecule has 0 fully saturated rings. The summed E-state index contributed by atoms with van der Waals surface area (Å²) in [4.78, 5) is 24.5. The van der Waals surface area contributed by atoms with Gasteiger partial charge < -0.3 is 20.3 Å². The molecule has 0 aromatic rings. The first-order chi connectivity index (χ1) is 33.0. The van der Waals surface area contributed by atoms with E-state index in [9.17, 15) is 19.8 Å². The SMILES string of the molecule is CCCCCC/C=C\C/C=C\CCCCCCCCCC(=O)OCCCCCCCCCCC/C=C\CCCCCCCCCC(=O)NC(CO)C(O)/C=C/CCCCCCCCCCCC. The molecule has 0 heterocycles. The molecule has 0 radical (unpaired) electrons. The van der Waals surface area contributed by atoms with Crippen molar-refractivity contribution in [2.45, 2.75) is 315 Å². The molecule has 2 atom stereocenters. The van der Waals surface area contributed by atoms with Crippen LogP contribution in [0.3, 0.4) is 0 Å². The summed E-state index contributed by atoms with van der Waals surface area (Å²) in [5.41, 5.74) is 0. The van der Waals surface area contributed by atoms with Gasteiger partial charge in [-0.1, -0.05) is 249 Å². The molecule has 0 aliphatic heterocycles. The maximum atomic E-state index is 12.4. The van der Waals surface area contributed by atoms with Crippen molar-refractivity contribution in [2.24, 2.45) is 0 Å². The Hall–Kier alpha value is -2.18. The van der Waals surface area contributed by atoms with Gasteiger partial charge in [0.2, 0.25) is 5.91 Å². The van der Waals surface area contributed by atoms with E-state index in [0.717, 1.165) is 57.8 Å². The van der Waals surface area contributed by atoms with Crippen LogP contribution in [0, 0.1) is 0 Å². The Balaban J connectivity index is 3.44. The van der Waals surface area contributed by atoms with Crippen molar-refractivity contribution >= 4 is 11.9 Å². The van der Waals surface area contributed by atoms with Crippen molar-refractivity contribution in [3.63, 3.8) is 0 Å². The summed E-state index contributed by atoms with van der Waals surface area (Å²) < 4.78 is 5.48. The van der Waals surface area contributed by atoms with Gasteiger partial charge in [0.15, 0.2) is 0 Å². The summed E-state index contributed by atoms with van der Waals surface area (Å²) in [6.07, 6.45) is 71.3. The van der Waals surface area contributed by atoms with E-state index in [4.69, 9.17) is 4.74 Å². The summed E-state index contributed by atoms with van der Waals surface area (Å²) in [6.45, 7) is 4.87. The Labute approximate surface area is 416 Å². The van der Waals surface area contributed by atoms with Gasteiger partial charge in [0.05, 0.1) is 25.4 Å². The monoisotopic (exact) mass is 940 g/mol. The Morgan fingerprint density at radius 1 is 0.418 bits per heavy atom. The van der Waals surface area contributed by atoms with Crippen LogP contribution in [-0.4, -0.2) is 47.4 Å². The number of rotatable bonds is 54. The largest absolute Gasteiger partial charge is 0.466 e. The number of nitrogens with one attached hydrogen (secondary N) is 1. The molecule has 0 bridgehead atoms. The lowest BCUT2D eigenvalue weighted by molar-refractivity contribution is -0.143. The molecule has 0 aromatic heterocycles. The lowest BCUT2D eigenvalue weighted by Gasteiger charge is -2.20. The quantitative estimate of drug-likeness (QED) is 0.0321. The number of amides is 1. The number of ether oxygens (including phenoxy) is 1. The van der Waals surface area contributed by atoms with Crippen molar-refractivity contribution in [1.29, 1.82) is 0 Å². The molecule has 0 aliphatic rings. The third-order valence-electron chi connectivity index (χ3n) is 13.3. The zero-order chi connectivity index (χ0) is 48.6. The summed E-state index contributed by atoms with van der Waals surface area (Å²) >= 11 is 0. The summed E-state index contributed by atoms with van der Waals surface area (Å²) in [6, 6.07) is -0.634. The van der Waals surface area contributed by atoms with Crippen LogP contribution in [0.15, 0.2) is 48.6 Å². The lowest BCUT2D eigenvalue weighted by atomic mass is 10.0. The Kier molecular flexibility index (Phi) is 54.6. The van der Waals surface area contributed by atoms with Crippen LogP contribution in [0.1, 0.15) is 303 Å². The van der Waals surface area contributed by atoms with Crippen molar-refractivity contribution in [2.75, 3.05) is 13.2 Å². The van der Waals surface area contributed by atoms with E-state index in [1.165, 1.54) is 218 Å². The van der Waals surface area contributed by atoms with Gasteiger partial charge in [-0.2, -0.15) is 0 Å². The Morgan fingerprint density at radius 3 is 1.16 bits per heavy atom. The third-order valence-corrected chi connectivity index (χ3v) is 13.3. The smallest absolute Gasteiger partial charge is 0.305 e. The number of aliphatic hydroxyl groups is 2. The highest BCUT2D eigenvalue weighted by atomic mass is 16.5. The van der Waals surface area contributed by atoms with Crippen molar-refractivity contribution < 1.29 is 24.5 Å². The molecule has 0 spiro atoms. The van der Waals surface area contributed by atoms with E-state index in [-0.39, 0.29) is 18.5 Å². The standard InChI is InChI=1S/C61H113NO5/c1-3-5-7-9-11-13-15-17-18-19-25-28-31-35-39-43-47-51-55-61(66)67-56-52-48-44-40-36-32-29-26-23-21-20-22-24-27-30-34-38-42-46-50-54-60(65)62-58(57-63)59(64)53-49-45-41-37-33-16-14-12-10-8-6-4-2/h13,15,18-20,22,49,53,58-59,63-64H,3-12,14,16-17,21,23-48,50-52,54-57H2,1-2H3,(H,62,65)/b15-13-,19-18-,22-20-,53-49+. The molecular formula is C61H113NO5. The molecule has 3 N–H and O–H groups in total. The number of allylic oxidation sites excluding steroid dienone is 7.